The molecule has 0 bridgehead atoms. The van der Waals surface area contributed by atoms with Crippen molar-refractivity contribution in [3.8, 4) is 11.4 Å². The van der Waals surface area contributed by atoms with Gasteiger partial charge in [-0.15, -0.1) is 0 Å². The van der Waals surface area contributed by atoms with Gasteiger partial charge in [-0.1, -0.05) is 0 Å². The van der Waals surface area contributed by atoms with Gasteiger partial charge in [-0.05, 0) is 31.2 Å². The number of nitrogens with one attached hydrogen (secondary N) is 3. The van der Waals surface area contributed by atoms with Crippen LogP contribution >= 0.6 is 0 Å². The minimum atomic E-state index is -3.64. The van der Waals surface area contributed by atoms with Crippen molar-refractivity contribution in [3.05, 3.63) is 47.8 Å². The Bertz CT molecular complexity index is 1230. The average molecular weight is 532 g/mol. The lowest BCUT2D eigenvalue weighted by atomic mass is 10.2. The van der Waals surface area contributed by atoms with Crippen LogP contribution in [0.1, 0.15) is 12.6 Å². The number of morpholine rings is 1. The molecule has 0 radical (unpaired) electrons. The monoisotopic (exact) mass is 531 g/mol. The Morgan fingerprint density at radius 2 is 2.05 bits per heavy atom. The lowest BCUT2D eigenvalue weighted by molar-refractivity contribution is 0.0985. The predicted octanol–water partition coefficient (Wildman–Crippen LogP) is 1.77. The van der Waals surface area contributed by atoms with Crippen LogP contribution in [0, 0.1) is 0 Å². The second-order valence-corrected chi connectivity index (χ2v) is 10.0. The zero-order chi connectivity index (χ0) is 26.8. The first-order valence-corrected chi connectivity index (χ1v) is 13.5. The van der Waals surface area contributed by atoms with Crippen LogP contribution in [0.2, 0.25) is 0 Å². The maximum Gasteiger partial charge on any atom is 0.319 e. The van der Waals surface area contributed by atoms with Crippen LogP contribution in [0.25, 0.3) is 11.4 Å². The number of aromatic nitrogens is 2. The van der Waals surface area contributed by atoms with Crippen molar-refractivity contribution in [2.45, 2.75) is 19.6 Å². The maximum absolute atomic E-state index is 12.3. The number of rotatable bonds is 10. The third kappa shape index (κ3) is 8.81. The van der Waals surface area contributed by atoms with Crippen LogP contribution in [0.15, 0.2) is 47.1 Å². The van der Waals surface area contributed by atoms with Crippen molar-refractivity contribution in [3.63, 3.8) is 0 Å². The largest absolute Gasteiger partial charge is 0.394 e. The summed E-state index contributed by atoms with van der Waals surface area (Å²) in [5.41, 5.74) is 2.54. The van der Waals surface area contributed by atoms with Crippen molar-refractivity contribution in [1.82, 2.24) is 20.6 Å². The summed E-state index contributed by atoms with van der Waals surface area (Å²) in [4.78, 5) is 27.6. The molecule has 1 aliphatic rings. The highest BCUT2D eigenvalue weighted by molar-refractivity contribution is 7.85. The fourth-order valence-corrected chi connectivity index (χ4v) is 3.95. The highest BCUT2D eigenvalue weighted by Crippen LogP contribution is 2.24. The maximum atomic E-state index is 12.3. The molecule has 3 N–H and O–H groups in total. The van der Waals surface area contributed by atoms with Crippen LogP contribution in [-0.4, -0.2) is 83.3 Å². The number of carbonyl (C=O) groups is 1. The summed E-state index contributed by atoms with van der Waals surface area (Å²) >= 11 is 0. The molecule has 0 unspecified atom stereocenters. The molecule has 3 rings (SSSR count). The van der Waals surface area contributed by atoms with E-state index in [-0.39, 0.29) is 18.7 Å². The highest BCUT2D eigenvalue weighted by Gasteiger charge is 2.22. The van der Waals surface area contributed by atoms with Gasteiger partial charge in [0.05, 0.1) is 31.2 Å². The fourth-order valence-electron chi connectivity index (χ4n) is 3.61. The molecule has 1 aliphatic heterocycles. The third-order valence-electron chi connectivity index (χ3n) is 5.33. The van der Waals surface area contributed by atoms with E-state index < -0.39 is 10.1 Å². The van der Waals surface area contributed by atoms with Gasteiger partial charge in [0.1, 0.15) is 12.4 Å². The number of urea groups is 1. The first kappa shape index (κ1) is 28.0. The molecule has 13 heteroatoms. The number of amides is 2. The van der Waals surface area contributed by atoms with E-state index in [2.05, 4.69) is 30.8 Å². The number of aliphatic imine (C=N–C) groups is 1. The van der Waals surface area contributed by atoms with E-state index >= 15 is 0 Å². The molecule has 2 heterocycles. The summed E-state index contributed by atoms with van der Waals surface area (Å²) in [7, 11) is -0.205. The molecule has 1 aromatic carbocycles. The molecule has 1 fully saturated rings. The minimum Gasteiger partial charge on any atom is -0.394 e. The van der Waals surface area contributed by atoms with Crippen molar-refractivity contribution in [2.75, 3.05) is 56.9 Å². The zero-order valence-electron chi connectivity index (χ0n) is 21.4. The molecule has 2 aromatic rings. The van der Waals surface area contributed by atoms with E-state index in [0.29, 0.717) is 54.9 Å². The van der Waals surface area contributed by atoms with Crippen molar-refractivity contribution in [1.29, 1.82) is 0 Å². The summed E-state index contributed by atoms with van der Waals surface area (Å²) < 4.78 is 33.6. The normalized spacial score (nSPS) is 16.6. The Balaban J connectivity index is 1.77. The van der Waals surface area contributed by atoms with Gasteiger partial charge >= 0.3 is 6.03 Å². The quantitative estimate of drug-likeness (QED) is 0.308. The molecular weight excluding hydrogens is 498 g/mol. The second kappa shape index (κ2) is 13.1. The van der Waals surface area contributed by atoms with Gasteiger partial charge in [0.15, 0.2) is 5.82 Å². The fraction of sp³-hybridized carbons (Fsp3) is 0.417. The molecule has 200 valence electrons. The summed E-state index contributed by atoms with van der Waals surface area (Å²) in [6.45, 7) is 3.92. The topological polar surface area (TPSA) is 147 Å². The number of hydrogen-bond acceptors (Lipinski definition) is 10. The number of benzene rings is 1. The molecular formula is C24H33N7O5S. The van der Waals surface area contributed by atoms with Crippen LogP contribution in [-0.2, 0) is 25.6 Å². The second-order valence-electron chi connectivity index (χ2n) is 8.40. The Morgan fingerprint density at radius 1 is 1.30 bits per heavy atom. The van der Waals surface area contributed by atoms with Gasteiger partial charge in [-0.25, -0.2) is 14.8 Å². The van der Waals surface area contributed by atoms with Gasteiger partial charge in [0, 0.05) is 62.5 Å². The summed E-state index contributed by atoms with van der Waals surface area (Å²) in [6.07, 6.45) is 4.41. The van der Waals surface area contributed by atoms with Crippen molar-refractivity contribution < 1.29 is 22.1 Å². The van der Waals surface area contributed by atoms with Gasteiger partial charge < -0.3 is 25.6 Å². The molecule has 1 saturated heterocycles. The molecule has 0 spiro atoms. The van der Waals surface area contributed by atoms with Crippen molar-refractivity contribution >= 4 is 33.9 Å². The number of ether oxygens (including phenoxy) is 1. The van der Waals surface area contributed by atoms with Crippen LogP contribution in [0.3, 0.4) is 0 Å². The molecule has 1 aromatic heterocycles. The van der Waals surface area contributed by atoms with Gasteiger partial charge in [-0.2, -0.15) is 8.42 Å². The van der Waals surface area contributed by atoms with Crippen LogP contribution in [0.5, 0.6) is 0 Å². The van der Waals surface area contributed by atoms with Gasteiger partial charge in [0.25, 0.3) is 10.1 Å². The molecule has 37 heavy (non-hydrogen) atoms. The third-order valence-corrected chi connectivity index (χ3v) is 5.87. The van der Waals surface area contributed by atoms with Gasteiger partial charge in [0.2, 0.25) is 0 Å². The predicted molar refractivity (Wildman–Crippen MR) is 143 cm³/mol. The van der Waals surface area contributed by atoms with E-state index in [9.17, 15) is 13.2 Å². The van der Waals surface area contributed by atoms with Gasteiger partial charge in [-0.3, -0.25) is 9.18 Å². The molecule has 1 atom stereocenters. The van der Waals surface area contributed by atoms with Crippen LogP contribution in [0.4, 0.5) is 16.3 Å². The van der Waals surface area contributed by atoms with E-state index in [0.717, 1.165) is 11.8 Å². The Labute approximate surface area is 217 Å². The standard InChI is InChI=1S/C24H33N7O5S/c1-17-15-35-10-9-31(17)22-11-21(16-36-37(4,33)34)28-23(30-22)19-5-7-20(8-6-19)29-24(32)27-14-18(12-25-2)13-26-3/h5-8,11-13,17,25H,9-10,14-16H2,1-4H3,(H2,27,29,32)/b18-12+,26-13?/t17-/m0/s1. The zero-order valence-corrected chi connectivity index (χ0v) is 22.2. The summed E-state index contributed by atoms with van der Waals surface area (Å²) in [6, 6.07) is 8.52. The average Bonchev–Trinajstić information content (AvgIpc) is 2.86. The highest BCUT2D eigenvalue weighted by atomic mass is 32.2. The first-order valence-electron chi connectivity index (χ1n) is 11.7. The Kier molecular flexibility index (Phi) is 9.94. The van der Waals surface area contributed by atoms with Crippen LogP contribution < -0.4 is 20.9 Å². The lowest BCUT2D eigenvalue weighted by Crippen LogP contribution is -2.44. The Hall–Kier alpha value is -3.55. The number of nitrogens with zero attached hydrogens (tertiary/aromatic N) is 4. The summed E-state index contributed by atoms with van der Waals surface area (Å²) in [5.74, 6) is 1.08. The molecule has 2 amide bonds. The SMILES string of the molecule is CN=C/C(=C\NC)CNC(=O)Nc1ccc(-c2nc(COS(C)(=O)=O)cc(N3CCOC[C@@H]3C)n2)cc1. The molecule has 0 aliphatic carbocycles. The number of carbonyl (C=O) groups excluding carboxylic acids is 1. The number of anilines is 2. The molecule has 12 nitrogen and oxygen atoms in total. The summed E-state index contributed by atoms with van der Waals surface area (Å²) in [5, 5.41) is 8.47. The van der Waals surface area contributed by atoms with E-state index in [1.807, 2.05) is 6.92 Å². The molecule has 0 saturated carbocycles. The van der Waals surface area contributed by atoms with E-state index in [1.165, 1.54) is 0 Å². The lowest BCUT2D eigenvalue weighted by Gasteiger charge is -2.34. The van der Waals surface area contributed by atoms with Crippen molar-refractivity contribution in [2.24, 2.45) is 4.99 Å². The Morgan fingerprint density at radius 3 is 2.70 bits per heavy atom. The van der Waals surface area contributed by atoms with E-state index in [4.69, 9.17) is 13.9 Å². The first-order chi connectivity index (χ1) is 17.7. The smallest absolute Gasteiger partial charge is 0.319 e. The number of hydrogen-bond donors (Lipinski definition) is 3. The van der Waals surface area contributed by atoms with E-state index in [1.54, 1.807) is 56.8 Å². The minimum absolute atomic E-state index is 0.0948.